The highest BCUT2D eigenvalue weighted by atomic mass is 32.2. The van der Waals surface area contributed by atoms with Crippen molar-refractivity contribution >= 4 is 37.9 Å². The zero-order valence-electron chi connectivity index (χ0n) is 18.5. The van der Waals surface area contributed by atoms with Gasteiger partial charge in [0.05, 0.1) is 23.0 Å². The summed E-state index contributed by atoms with van der Waals surface area (Å²) in [5.41, 5.74) is 10.0. The van der Waals surface area contributed by atoms with Gasteiger partial charge in [0.25, 0.3) is 0 Å². The predicted octanol–water partition coefficient (Wildman–Crippen LogP) is 4.90. The van der Waals surface area contributed by atoms with E-state index in [2.05, 4.69) is 6.08 Å². The minimum Gasteiger partial charge on any atom is -0.497 e. The van der Waals surface area contributed by atoms with E-state index in [1.165, 1.54) is 37.7 Å². The molecule has 5 rings (SSSR count). The zero-order valence-corrected chi connectivity index (χ0v) is 19.3. The standard InChI is InChI=1S/C25H26N4O3S/c1-32-18-11-13-19(14-12-18)33(30,31)23-22-25(28-21-10-6-5-9-20(21)27-22)29(24(23)26)16-15-17-7-3-2-4-8-17/h5-7,9-14H,2-4,8,15-16,26H2,1H3. The summed E-state index contributed by atoms with van der Waals surface area (Å²) in [5.74, 6) is 0.753. The third-order valence-electron chi connectivity index (χ3n) is 6.23. The largest absolute Gasteiger partial charge is 0.497 e. The second-order valence-electron chi connectivity index (χ2n) is 8.29. The molecule has 7 nitrogen and oxygen atoms in total. The van der Waals surface area contributed by atoms with Crippen LogP contribution in [0.25, 0.3) is 22.2 Å². The molecule has 0 radical (unpaired) electrons. The number of nitrogen functional groups attached to an aromatic ring is 1. The van der Waals surface area contributed by atoms with Gasteiger partial charge in [0, 0.05) is 6.54 Å². The van der Waals surface area contributed by atoms with Gasteiger partial charge in [-0.1, -0.05) is 23.8 Å². The van der Waals surface area contributed by atoms with Gasteiger partial charge in [-0.3, -0.25) is 0 Å². The number of rotatable bonds is 6. The van der Waals surface area contributed by atoms with Crippen molar-refractivity contribution in [3.63, 3.8) is 0 Å². The fraction of sp³-hybridized carbons (Fsp3) is 0.280. The van der Waals surface area contributed by atoms with E-state index in [1.54, 1.807) is 16.7 Å². The number of ether oxygens (including phenoxy) is 1. The summed E-state index contributed by atoms with van der Waals surface area (Å²) in [6.45, 7) is 0.555. The number of benzene rings is 2. The molecular weight excluding hydrogens is 436 g/mol. The smallest absolute Gasteiger partial charge is 0.212 e. The maximum Gasteiger partial charge on any atom is 0.212 e. The number of fused-ring (bicyclic) bond motifs is 2. The molecule has 0 spiro atoms. The van der Waals surface area contributed by atoms with Gasteiger partial charge < -0.3 is 15.0 Å². The number of sulfone groups is 1. The monoisotopic (exact) mass is 462 g/mol. The molecule has 0 unspecified atom stereocenters. The van der Waals surface area contributed by atoms with Crippen molar-refractivity contribution in [2.75, 3.05) is 12.8 Å². The van der Waals surface area contributed by atoms with E-state index in [0.29, 0.717) is 34.5 Å². The van der Waals surface area contributed by atoms with Crippen LogP contribution in [0.2, 0.25) is 0 Å². The van der Waals surface area contributed by atoms with Gasteiger partial charge >= 0.3 is 0 Å². The predicted molar refractivity (Wildman–Crippen MR) is 129 cm³/mol. The van der Waals surface area contributed by atoms with E-state index in [9.17, 15) is 8.42 Å². The molecule has 33 heavy (non-hydrogen) atoms. The molecule has 2 aromatic heterocycles. The number of allylic oxidation sites excluding steroid dienone is 2. The number of para-hydroxylation sites is 2. The highest BCUT2D eigenvalue weighted by Crippen LogP contribution is 2.36. The fourth-order valence-electron chi connectivity index (χ4n) is 4.44. The Morgan fingerprint density at radius 1 is 1.03 bits per heavy atom. The molecule has 0 bridgehead atoms. The molecule has 1 aliphatic rings. The van der Waals surface area contributed by atoms with Gasteiger partial charge in [-0.2, -0.15) is 0 Å². The Kier molecular flexibility index (Phi) is 5.54. The quantitative estimate of drug-likeness (QED) is 0.409. The van der Waals surface area contributed by atoms with Crippen molar-refractivity contribution in [1.29, 1.82) is 0 Å². The van der Waals surface area contributed by atoms with Gasteiger partial charge in [-0.25, -0.2) is 18.4 Å². The third kappa shape index (κ3) is 3.84. The Labute approximate surface area is 192 Å². The number of aryl methyl sites for hydroxylation is 1. The van der Waals surface area contributed by atoms with Crippen molar-refractivity contribution in [3.8, 4) is 5.75 Å². The Hall–Kier alpha value is -3.39. The lowest BCUT2D eigenvalue weighted by molar-refractivity contribution is 0.414. The maximum absolute atomic E-state index is 13.7. The molecule has 0 saturated heterocycles. The second kappa shape index (κ2) is 8.51. The minimum absolute atomic E-state index is 0.0125. The number of nitrogens with zero attached hydrogens (tertiary/aromatic N) is 3. The Balaban J connectivity index is 1.69. The first kappa shape index (κ1) is 21.5. The first-order chi connectivity index (χ1) is 16.0. The Morgan fingerprint density at radius 2 is 1.76 bits per heavy atom. The molecule has 170 valence electrons. The van der Waals surface area contributed by atoms with E-state index >= 15 is 0 Å². The normalized spacial score (nSPS) is 14.5. The van der Waals surface area contributed by atoms with Crippen molar-refractivity contribution < 1.29 is 13.2 Å². The fourth-order valence-corrected chi connectivity index (χ4v) is 5.95. The minimum atomic E-state index is -3.93. The van der Waals surface area contributed by atoms with Gasteiger partial charge in [0.1, 0.15) is 22.0 Å². The second-order valence-corrected chi connectivity index (χ2v) is 10.2. The molecule has 0 aliphatic heterocycles. The van der Waals surface area contributed by atoms with Gasteiger partial charge in [0.2, 0.25) is 9.84 Å². The molecule has 0 atom stereocenters. The molecule has 1 aliphatic carbocycles. The van der Waals surface area contributed by atoms with Crippen LogP contribution < -0.4 is 10.5 Å². The molecule has 0 amide bonds. The van der Waals surface area contributed by atoms with Crippen molar-refractivity contribution in [3.05, 3.63) is 60.2 Å². The van der Waals surface area contributed by atoms with E-state index in [-0.39, 0.29) is 15.6 Å². The molecule has 2 heterocycles. The summed E-state index contributed by atoms with van der Waals surface area (Å²) in [4.78, 5) is 9.62. The van der Waals surface area contributed by atoms with Crippen LogP contribution >= 0.6 is 0 Å². The number of anilines is 1. The van der Waals surface area contributed by atoms with Crippen LogP contribution in [0.15, 0.2) is 70.0 Å². The van der Waals surface area contributed by atoms with E-state index in [0.717, 1.165) is 19.3 Å². The lowest BCUT2D eigenvalue weighted by Crippen LogP contribution is -2.09. The Morgan fingerprint density at radius 3 is 2.42 bits per heavy atom. The first-order valence-electron chi connectivity index (χ1n) is 11.1. The summed E-state index contributed by atoms with van der Waals surface area (Å²) in [6, 6.07) is 13.7. The van der Waals surface area contributed by atoms with E-state index in [1.807, 2.05) is 24.3 Å². The number of methoxy groups -OCH3 is 1. The molecular formula is C25H26N4O3S. The molecule has 0 saturated carbocycles. The first-order valence-corrected chi connectivity index (χ1v) is 12.6. The van der Waals surface area contributed by atoms with Crippen molar-refractivity contribution in [2.24, 2.45) is 0 Å². The van der Waals surface area contributed by atoms with E-state index in [4.69, 9.17) is 20.4 Å². The maximum atomic E-state index is 13.7. The van der Waals surface area contributed by atoms with Crippen LogP contribution in [0.5, 0.6) is 5.75 Å². The lowest BCUT2D eigenvalue weighted by Gasteiger charge is -2.14. The summed E-state index contributed by atoms with van der Waals surface area (Å²) in [5, 5.41) is 0. The molecule has 2 N–H and O–H groups in total. The summed E-state index contributed by atoms with van der Waals surface area (Å²) >= 11 is 0. The van der Waals surface area contributed by atoms with Crippen LogP contribution in [0.4, 0.5) is 5.82 Å². The molecule has 4 aromatic rings. The highest BCUT2D eigenvalue weighted by molar-refractivity contribution is 7.92. The van der Waals surface area contributed by atoms with E-state index < -0.39 is 9.84 Å². The summed E-state index contributed by atoms with van der Waals surface area (Å²) in [6.07, 6.45) is 7.69. The highest BCUT2D eigenvalue weighted by Gasteiger charge is 2.30. The number of nitrogens with two attached hydrogens (primary N) is 1. The number of hydrogen-bond acceptors (Lipinski definition) is 6. The van der Waals surface area contributed by atoms with Crippen LogP contribution in [0.1, 0.15) is 32.1 Å². The molecule has 8 heteroatoms. The number of hydrogen-bond donors (Lipinski definition) is 1. The molecule has 0 fully saturated rings. The van der Waals surface area contributed by atoms with Crippen molar-refractivity contribution in [1.82, 2.24) is 14.5 Å². The number of aromatic nitrogens is 3. The van der Waals surface area contributed by atoms with Crippen molar-refractivity contribution in [2.45, 2.75) is 48.4 Å². The average molecular weight is 463 g/mol. The van der Waals surface area contributed by atoms with Crippen LogP contribution in [0.3, 0.4) is 0 Å². The SMILES string of the molecule is COc1ccc(S(=O)(=O)c2c(N)n(CCC3=CCCCC3)c3nc4ccccc4nc23)cc1. The third-order valence-corrected chi connectivity index (χ3v) is 8.06. The van der Waals surface area contributed by atoms with Crippen LogP contribution in [-0.4, -0.2) is 30.1 Å². The van der Waals surface area contributed by atoms with Crippen LogP contribution in [0, 0.1) is 0 Å². The average Bonchev–Trinajstić information content (AvgIpc) is 3.12. The summed E-state index contributed by atoms with van der Waals surface area (Å²) < 4.78 is 34.4. The Bertz CT molecular complexity index is 1470. The molecule has 2 aromatic carbocycles. The van der Waals surface area contributed by atoms with Gasteiger partial charge in [0.15, 0.2) is 5.65 Å². The zero-order chi connectivity index (χ0) is 23.0. The van der Waals surface area contributed by atoms with Gasteiger partial charge in [-0.15, -0.1) is 0 Å². The topological polar surface area (TPSA) is 100 Å². The summed E-state index contributed by atoms with van der Waals surface area (Å²) in [7, 11) is -2.39. The van der Waals surface area contributed by atoms with Crippen LogP contribution in [-0.2, 0) is 16.4 Å². The van der Waals surface area contributed by atoms with Gasteiger partial charge in [-0.05, 0) is 68.5 Å². The lowest BCUT2D eigenvalue weighted by atomic mass is 9.97.